The maximum Gasteiger partial charge on any atom is 0.160 e. The smallest absolute Gasteiger partial charge is 0.160 e. The van der Waals surface area contributed by atoms with Crippen molar-refractivity contribution in [2.24, 2.45) is 9.98 Å². The molecule has 0 unspecified atom stereocenters. The third kappa shape index (κ3) is 5.03. The summed E-state index contributed by atoms with van der Waals surface area (Å²) in [4.78, 5) is 10.5. The fourth-order valence-corrected chi connectivity index (χ4v) is 8.19. The fourth-order valence-electron chi connectivity index (χ4n) is 8.19. The summed E-state index contributed by atoms with van der Waals surface area (Å²) in [6.07, 6.45) is 5.33. The van der Waals surface area contributed by atoms with E-state index in [1.165, 1.54) is 56.5 Å². The molecule has 7 aromatic rings. The topological polar surface area (TPSA) is 29.6 Å². The van der Waals surface area contributed by atoms with E-state index < -0.39 is 0 Å². The van der Waals surface area contributed by atoms with Crippen LogP contribution >= 0.6 is 0 Å². The number of aliphatic imine (C=N–C) groups is 2. The first kappa shape index (κ1) is 30.5. The van der Waals surface area contributed by atoms with Gasteiger partial charge in [-0.3, -0.25) is 0 Å². The summed E-state index contributed by atoms with van der Waals surface area (Å²) in [5, 5.41) is 5.06. The van der Waals surface area contributed by atoms with E-state index in [0.29, 0.717) is 6.42 Å². The van der Waals surface area contributed by atoms with Crippen LogP contribution in [0.1, 0.15) is 74.8 Å². The van der Waals surface area contributed by atoms with E-state index in [4.69, 9.17) is 9.98 Å². The number of fused-ring (bicyclic) bond motifs is 5. The van der Waals surface area contributed by atoms with Crippen molar-refractivity contribution in [3.63, 3.8) is 0 Å². The Morgan fingerprint density at radius 2 is 1.20 bits per heavy atom. The lowest BCUT2D eigenvalue weighted by Gasteiger charge is -2.42. The largest absolute Gasteiger partial charge is 0.309 e. The SMILES string of the molecule is CC1(C)CCC(C)(C)c2cc3c(cc21)c1ccccc1n3-c1ccc(C2=CCC(c3cccc4ccccc34)=NC(c3ccccc3)=N2)cc1. The quantitative estimate of drug-likeness (QED) is 0.182. The number of hydrogen-bond donors (Lipinski definition) is 0. The second-order valence-electron chi connectivity index (χ2n) is 15.3. The van der Waals surface area contributed by atoms with Gasteiger partial charge in [0.05, 0.1) is 22.4 Å². The lowest BCUT2D eigenvalue weighted by molar-refractivity contribution is 0.332. The molecule has 0 saturated carbocycles. The Bertz CT molecular complexity index is 2530. The van der Waals surface area contributed by atoms with E-state index >= 15 is 0 Å². The molecule has 2 aliphatic rings. The Kier molecular flexibility index (Phi) is 7.03. The van der Waals surface area contributed by atoms with Crippen molar-refractivity contribution in [3.05, 3.63) is 167 Å². The van der Waals surface area contributed by atoms with Gasteiger partial charge < -0.3 is 4.57 Å². The molecule has 0 bridgehead atoms. The second-order valence-corrected chi connectivity index (χ2v) is 15.3. The van der Waals surface area contributed by atoms with E-state index in [-0.39, 0.29) is 10.8 Å². The van der Waals surface area contributed by atoms with Crippen molar-refractivity contribution in [3.8, 4) is 5.69 Å². The summed E-state index contributed by atoms with van der Waals surface area (Å²) in [6.45, 7) is 9.65. The van der Waals surface area contributed by atoms with Crippen molar-refractivity contribution in [1.82, 2.24) is 4.57 Å². The standard InChI is InChI=1S/C47H41N3/c1-46(2)27-28-47(3,4)40-30-44-38(29-39(40)46)37-18-10-11-20-43(37)50(44)34-23-21-32(22-24-34)41-25-26-42(49-45(48-41)33-14-6-5-7-15-33)36-19-12-16-31-13-8-9-17-35(31)36/h5-25,29-30H,26-28H2,1-4H3. The molecule has 0 atom stereocenters. The van der Waals surface area contributed by atoms with Gasteiger partial charge in [0.25, 0.3) is 0 Å². The third-order valence-corrected chi connectivity index (χ3v) is 11.2. The first-order chi connectivity index (χ1) is 24.3. The summed E-state index contributed by atoms with van der Waals surface area (Å²) >= 11 is 0. The third-order valence-electron chi connectivity index (χ3n) is 11.2. The van der Waals surface area contributed by atoms with Crippen LogP contribution in [0.3, 0.4) is 0 Å². The van der Waals surface area contributed by atoms with Crippen LogP contribution in [0.5, 0.6) is 0 Å². The average Bonchev–Trinajstić information content (AvgIpc) is 3.30. The van der Waals surface area contributed by atoms with Gasteiger partial charge in [-0.25, -0.2) is 9.98 Å². The molecule has 1 aromatic heterocycles. The predicted molar refractivity (Wildman–Crippen MR) is 212 cm³/mol. The zero-order valence-corrected chi connectivity index (χ0v) is 29.2. The van der Waals surface area contributed by atoms with Crippen LogP contribution in [0, 0.1) is 0 Å². The molecule has 244 valence electrons. The molecule has 3 heteroatoms. The Balaban J connectivity index is 1.16. The maximum atomic E-state index is 5.24. The first-order valence-electron chi connectivity index (χ1n) is 17.9. The minimum Gasteiger partial charge on any atom is -0.309 e. The fraction of sp³-hybridized carbons (Fsp3) is 0.191. The molecule has 1 aliphatic carbocycles. The zero-order chi connectivity index (χ0) is 34.0. The first-order valence-corrected chi connectivity index (χ1v) is 17.9. The van der Waals surface area contributed by atoms with Crippen molar-refractivity contribution < 1.29 is 0 Å². The molecule has 2 heterocycles. The van der Waals surface area contributed by atoms with Crippen molar-refractivity contribution in [2.75, 3.05) is 0 Å². The number of amidine groups is 1. The van der Waals surface area contributed by atoms with E-state index in [9.17, 15) is 0 Å². The van der Waals surface area contributed by atoms with Crippen LogP contribution in [0.4, 0.5) is 0 Å². The molecule has 50 heavy (non-hydrogen) atoms. The molecular weight excluding hydrogens is 607 g/mol. The Morgan fingerprint density at radius 1 is 0.540 bits per heavy atom. The van der Waals surface area contributed by atoms with Crippen LogP contribution in [0.25, 0.3) is 44.0 Å². The Morgan fingerprint density at radius 3 is 1.98 bits per heavy atom. The van der Waals surface area contributed by atoms with Crippen LogP contribution in [0.2, 0.25) is 0 Å². The van der Waals surface area contributed by atoms with Gasteiger partial charge in [-0.05, 0) is 75.9 Å². The van der Waals surface area contributed by atoms with Gasteiger partial charge >= 0.3 is 0 Å². The van der Waals surface area contributed by atoms with E-state index in [1.807, 2.05) is 6.07 Å². The maximum absolute atomic E-state index is 5.24. The van der Waals surface area contributed by atoms with Crippen molar-refractivity contribution in [1.29, 1.82) is 0 Å². The summed E-state index contributed by atoms with van der Waals surface area (Å²) in [6, 6.07) is 48.2. The lowest BCUT2D eigenvalue weighted by Crippen LogP contribution is -2.33. The normalized spacial score (nSPS) is 16.8. The summed E-state index contributed by atoms with van der Waals surface area (Å²) in [7, 11) is 0. The minimum absolute atomic E-state index is 0.136. The molecule has 0 spiro atoms. The Labute approximate surface area is 294 Å². The molecule has 0 amide bonds. The highest BCUT2D eigenvalue weighted by Gasteiger charge is 2.37. The number of nitrogens with zero attached hydrogens (tertiary/aromatic N) is 3. The van der Waals surface area contributed by atoms with Crippen LogP contribution < -0.4 is 0 Å². The molecule has 0 N–H and O–H groups in total. The van der Waals surface area contributed by atoms with Crippen molar-refractivity contribution >= 4 is 49.8 Å². The molecule has 6 aromatic carbocycles. The van der Waals surface area contributed by atoms with Gasteiger partial charge in [-0.1, -0.05) is 137 Å². The molecule has 9 rings (SSSR count). The molecule has 3 nitrogen and oxygen atoms in total. The number of para-hydroxylation sites is 1. The van der Waals surface area contributed by atoms with Crippen LogP contribution in [0.15, 0.2) is 150 Å². The van der Waals surface area contributed by atoms with Crippen molar-refractivity contribution in [2.45, 2.75) is 57.8 Å². The minimum atomic E-state index is 0.136. The van der Waals surface area contributed by atoms with Gasteiger partial charge in [0.1, 0.15) is 0 Å². The number of hydrogen-bond acceptors (Lipinski definition) is 2. The van der Waals surface area contributed by atoms with Gasteiger partial charge in [0.2, 0.25) is 0 Å². The number of rotatable bonds is 4. The predicted octanol–water partition coefficient (Wildman–Crippen LogP) is 12.0. The number of aromatic nitrogens is 1. The highest BCUT2D eigenvalue weighted by atomic mass is 15.0. The van der Waals surface area contributed by atoms with E-state index in [0.717, 1.165) is 39.6 Å². The number of benzene rings is 6. The zero-order valence-electron chi connectivity index (χ0n) is 29.2. The number of allylic oxidation sites excluding steroid dienone is 1. The molecular formula is C47H41N3. The summed E-state index contributed by atoms with van der Waals surface area (Å²) < 4.78 is 2.45. The van der Waals surface area contributed by atoms with Gasteiger partial charge in [-0.2, -0.15) is 0 Å². The van der Waals surface area contributed by atoms with Gasteiger partial charge in [0.15, 0.2) is 5.84 Å². The summed E-state index contributed by atoms with van der Waals surface area (Å²) in [5.41, 5.74) is 12.1. The van der Waals surface area contributed by atoms with Gasteiger partial charge in [-0.15, -0.1) is 0 Å². The highest BCUT2D eigenvalue weighted by Crippen LogP contribution is 2.48. The summed E-state index contributed by atoms with van der Waals surface area (Å²) in [5.74, 6) is 0.735. The van der Waals surface area contributed by atoms with E-state index in [2.05, 4.69) is 166 Å². The van der Waals surface area contributed by atoms with Crippen LogP contribution in [-0.4, -0.2) is 16.1 Å². The molecule has 0 saturated heterocycles. The lowest BCUT2D eigenvalue weighted by atomic mass is 9.63. The molecule has 1 aliphatic heterocycles. The van der Waals surface area contributed by atoms with E-state index in [1.54, 1.807) is 0 Å². The monoisotopic (exact) mass is 647 g/mol. The molecule has 0 radical (unpaired) electrons. The Hall–Kier alpha value is -5.54. The van der Waals surface area contributed by atoms with Gasteiger partial charge in [0, 0.05) is 39.6 Å². The van der Waals surface area contributed by atoms with Crippen LogP contribution in [-0.2, 0) is 10.8 Å². The molecule has 0 fully saturated rings. The highest BCUT2D eigenvalue weighted by molar-refractivity contribution is 6.19. The average molecular weight is 648 g/mol. The second kappa shape index (κ2) is 11.5.